The van der Waals surface area contributed by atoms with E-state index < -0.39 is 5.60 Å². The topological polar surface area (TPSA) is 45.1 Å². The van der Waals surface area contributed by atoms with Gasteiger partial charge in [-0.2, -0.15) is 0 Å². The number of hydrogen-bond acceptors (Lipinski definition) is 3. The highest BCUT2D eigenvalue weighted by atomic mass is 16.3. The summed E-state index contributed by atoms with van der Waals surface area (Å²) in [6.07, 6.45) is 9.61. The van der Waals surface area contributed by atoms with Gasteiger partial charge in [0.15, 0.2) is 0 Å². The summed E-state index contributed by atoms with van der Waals surface area (Å²) in [6.45, 7) is 3.86. The maximum absolute atomic E-state index is 10.3. The number of nitrogens with one attached hydrogen (secondary N) is 1. The lowest BCUT2D eigenvalue weighted by Gasteiger charge is -2.32. The van der Waals surface area contributed by atoms with E-state index in [1.807, 2.05) is 19.2 Å². The second-order valence-corrected chi connectivity index (χ2v) is 5.15. The number of aliphatic hydroxyl groups is 1. The van der Waals surface area contributed by atoms with Crippen molar-refractivity contribution >= 4 is 6.08 Å². The molecule has 1 fully saturated rings. The summed E-state index contributed by atoms with van der Waals surface area (Å²) in [5.41, 5.74) is 1.76. The molecule has 0 radical (unpaired) electrons. The maximum Gasteiger partial charge on any atom is 0.0675 e. The molecule has 0 bridgehead atoms. The Hall–Kier alpha value is -1.19. The molecule has 1 aliphatic heterocycles. The number of rotatable bonds is 4. The maximum atomic E-state index is 10.3. The summed E-state index contributed by atoms with van der Waals surface area (Å²) in [5.74, 6) is 0. The van der Waals surface area contributed by atoms with Gasteiger partial charge < -0.3 is 10.4 Å². The molecule has 0 aliphatic carbocycles. The molecular weight excluding hydrogens is 224 g/mol. The van der Waals surface area contributed by atoms with Crippen LogP contribution in [-0.4, -0.2) is 28.8 Å². The first-order valence-electron chi connectivity index (χ1n) is 6.70. The van der Waals surface area contributed by atoms with Crippen molar-refractivity contribution in [2.24, 2.45) is 0 Å². The van der Waals surface area contributed by atoms with E-state index in [0.717, 1.165) is 44.5 Å². The van der Waals surface area contributed by atoms with E-state index in [-0.39, 0.29) is 0 Å². The Labute approximate surface area is 109 Å². The normalized spacial score (nSPS) is 19.2. The van der Waals surface area contributed by atoms with Gasteiger partial charge in [0.1, 0.15) is 0 Å². The lowest BCUT2D eigenvalue weighted by molar-refractivity contribution is 0.00346. The molecule has 1 aromatic rings. The molecule has 98 valence electrons. The van der Waals surface area contributed by atoms with Crippen molar-refractivity contribution in [1.29, 1.82) is 0 Å². The number of pyridine rings is 1. The largest absolute Gasteiger partial charge is 0.390 e. The lowest BCUT2D eigenvalue weighted by atomic mass is 9.88. The minimum Gasteiger partial charge on any atom is -0.390 e. The summed E-state index contributed by atoms with van der Waals surface area (Å²) in [7, 11) is 0. The number of nitrogens with zero attached hydrogens (tertiary/aromatic N) is 1. The zero-order chi connectivity index (χ0) is 12.8. The second kappa shape index (κ2) is 6.12. The molecular formula is C15H22N2O. The van der Waals surface area contributed by atoms with Gasteiger partial charge in [0.05, 0.1) is 5.60 Å². The predicted molar refractivity (Wildman–Crippen MR) is 74.3 cm³/mol. The molecule has 0 amide bonds. The van der Waals surface area contributed by atoms with E-state index in [4.69, 9.17) is 0 Å². The number of piperidine rings is 1. The Morgan fingerprint density at radius 3 is 2.94 bits per heavy atom. The smallest absolute Gasteiger partial charge is 0.0675 e. The van der Waals surface area contributed by atoms with Gasteiger partial charge in [-0.1, -0.05) is 12.2 Å². The second-order valence-electron chi connectivity index (χ2n) is 5.15. The van der Waals surface area contributed by atoms with Gasteiger partial charge >= 0.3 is 0 Å². The SMILES string of the molecule is Cc1cc(/C=C\CCC2(O)CCNCC2)ccn1. The van der Waals surface area contributed by atoms with Crippen LogP contribution in [0.15, 0.2) is 24.4 Å². The van der Waals surface area contributed by atoms with E-state index in [9.17, 15) is 5.11 Å². The molecule has 18 heavy (non-hydrogen) atoms. The van der Waals surface area contributed by atoms with Crippen molar-refractivity contribution in [3.05, 3.63) is 35.7 Å². The summed E-state index contributed by atoms with van der Waals surface area (Å²) in [4.78, 5) is 4.17. The standard InChI is InChI=1S/C15H22N2O/c1-13-12-14(5-9-17-13)4-2-3-6-15(18)7-10-16-11-8-15/h2,4-5,9,12,16,18H,3,6-8,10-11H2,1H3/b4-2-. The first kappa shape index (κ1) is 13.2. The monoisotopic (exact) mass is 246 g/mol. The first-order chi connectivity index (χ1) is 8.68. The molecule has 0 spiro atoms. The molecule has 1 aromatic heterocycles. The quantitative estimate of drug-likeness (QED) is 0.857. The fourth-order valence-electron chi connectivity index (χ4n) is 2.38. The third-order valence-electron chi connectivity index (χ3n) is 3.54. The highest BCUT2D eigenvalue weighted by Crippen LogP contribution is 2.23. The van der Waals surface area contributed by atoms with Gasteiger partial charge in [0.25, 0.3) is 0 Å². The van der Waals surface area contributed by atoms with Crippen molar-refractivity contribution < 1.29 is 5.11 Å². The van der Waals surface area contributed by atoms with E-state index in [0.29, 0.717) is 0 Å². The Morgan fingerprint density at radius 2 is 2.22 bits per heavy atom. The van der Waals surface area contributed by atoms with Crippen LogP contribution in [0.2, 0.25) is 0 Å². The van der Waals surface area contributed by atoms with Crippen LogP contribution in [0.1, 0.15) is 36.9 Å². The van der Waals surface area contributed by atoms with Crippen LogP contribution in [0.25, 0.3) is 6.08 Å². The number of aromatic nitrogens is 1. The molecule has 2 N–H and O–H groups in total. The molecule has 2 heterocycles. The van der Waals surface area contributed by atoms with E-state index >= 15 is 0 Å². The molecule has 3 nitrogen and oxygen atoms in total. The molecule has 0 aromatic carbocycles. The minimum absolute atomic E-state index is 0.455. The summed E-state index contributed by atoms with van der Waals surface area (Å²) < 4.78 is 0. The molecule has 0 unspecified atom stereocenters. The van der Waals surface area contributed by atoms with Gasteiger partial charge in [0, 0.05) is 11.9 Å². The molecule has 1 aliphatic rings. The minimum atomic E-state index is -0.455. The molecule has 0 saturated carbocycles. The van der Waals surface area contributed by atoms with Gasteiger partial charge in [-0.15, -0.1) is 0 Å². The Morgan fingerprint density at radius 1 is 1.44 bits per heavy atom. The third kappa shape index (κ3) is 3.93. The Balaban J connectivity index is 1.81. The summed E-state index contributed by atoms with van der Waals surface area (Å²) in [6, 6.07) is 4.07. The lowest BCUT2D eigenvalue weighted by Crippen LogP contribution is -2.41. The van der Waals surface area contributed by atoms with Crippen LogP contribution in [-0.2, 0) is 0 Å². The highest BCUT2D eigenvalue weighted by molar-refractivity contribution is 5.48. The van der Waals surface area contributed by atoms with Crippen LogP contribution in [0.4, 0.5) is 0 Å². The van der Waals surface area contributed by atoms with Gasteiger partial charge in [-0.05, 0) is 63.4 Å². The van der Waals surface area contributed by atoms with Crippen molar-refractivity contribution in [3.8, 4) is 0 Å². The van der Waals surface area contributed by atoms with E-state index in [1.165, 1.54) is 5.56 Å². The van der Waals surface area contributed by atoms with Crippen LogP contribution < -0.4 is 5.32 Å². The van der Waals surface area contributed by atoms with Crippen LogP contribution in [0.3, 0.4) is 0 Å². The molecule has 3 heteroatoms. The summed E-state index contributed by atoms with van der Waals surface area (Å²) >= 11 is 0. The average molecular weight is 246 g/mol. The Bertz CT molecular complexity index is 409. The fourth-order valence-corrected chi connectivity index (χ4v) is 2.38. The highest BCUT2D eigenvalue weighted by Gasteiger charge is 2.27. The van der Waals surface area contributed by atoms with Gasteiger partial charge in [0.2, 0.25) is 0 Å². The zero-order valence-corrected chi connectivity index (χ0v) is 11.0. The number of aryl methyl sites for hydroxylation is 1. The first-order valence-corrected chi connectivity index (χ1v) is 6.70. The zero-order valence-electron chi connectivity index (χ0n) is 11.0. The fraction of sp³-hybridized carbons (Fsp3) is 0.533. The molecule has 2 rings (SSSR count). The van der Waals surface area contributed by atoms with Crippen molar-refractivity contribution in [2.45, 2.75) is 38.2 Å². The summed E-state index contributed by atoms with van der Waals surface area (Å²) in [5, 5.41) is 13.6. The Kier molecular flexibility index (Phi) is 4.50. The molecule has 0 atom stereocenters. The third-order valence-corrected chi connectivity index (χ3v) is 3.54. The van der Waals surface area contributed by atoms with Crippen molar-refractivity contribution in [1.82, 2.24) is 10.3 Å². The average Bonchev–Trinajstić information content (AvgIpc) is 2.36. The van der Waals surface area contributed by atoms with E-state index in [1.54, 1.807) is 0 Å². The number of allylic oxidation sites excluding steroid dienone is 1. The van der Waals surface area contributed by atoms with Crippen LogP contribution in [0.5, 0.6) is 0 Å². The number of hydrogen-bond donors (Lipinski definition) is 2. The van der Waals surface area contributed by atoms with E-state index in [2.05, 4.69) is 28.5 Å². The predicted octanol–water partition coefficient (Wildman–Crippen LogP) is 2.30. The van der Waals surface area contributed by atoms with Gasteiger partial charge in [-0.3, -0.25) is 4.98 Å². The van der Waals surface area contributed by atoms with Crippen molar-refractivity contribution in [3.63, 3.8) is 0 Å². The van der Waals surface area contributed by atoms with Gasteiger partial charge in [-0.25, -0.2) is 0 Å². The van der Waals surface area contributed by atoms with Crippen LogP contribution >= 0.6 is 0 Å². The molecule has 1 saturated heterocycles. The van der Waals surface area contributed by atoms with Crippen molar-refractivity contribution in [2.75, 3.05) is 13.1 Å². The van der Waals surface area contributed by atoms with Crippen LogP contribution in [0, 0.1) is 6.92 Å².